The zero-order valence-corrected chi connectivity index (χ0v) is 14.0. The smallest absolute Gasteiger partial charge is 0.0575 e. The Morgan fingerprint density at radius 3 is 3.00 bits per heavy atom. The van der Waals surface area contributed by atoms with E-state index in [0.29, 0.717) is 18.1 Å². The summed E-state index contributed by atoms with van der Waals surface area (Å²) in [7, 11) is 0. The van der Waals surface area contributed by atoms with Crippen LogP contribution in [0, 0.1) is 5.92 Å². The van der Waals surface area contributed by atoms with Crippen LogP contribution in [0.5, 0.6) is 0 Å². The molecule has 1 aromatic rings. The number of hydrogen-bond donors (Lipinski definition) is 3. The summed E-state index contributed by atoms with van der Waals surface area (Å²) < 4.78 is 5.97. The predicted molar refractivity (Wildman–Crippen MR) is 91.9 cm³/mol. The summed E-state index contributed by atoms with van der Waals surface area (Å²) in [6.45, 7) is 3.93. The lowest BCUT2D eigenvalue weighted by atomic mass is 9.96. The van der Waals surface area contributed by atoms with Crippen molar-refractivity contribution in [2.24, 2.45) is 5.92 Å². The Morgan fingerprint density at radius 1 is 1.26 bits per heavy atom. The van der Waals surface area contributed by atoms with Gasteiger partial charge in [-0.2, -0.15) is 0 Å². The molecule has 0 bridgehead atoms. The van der Waals surface area contributed by atoms with Gasteiger partial charge in [0.05, 0.1) is 12.1 Å². The third kappa shape index (κ3) is 5.24. The summed E-state index contributed by atoms with van der Waals surface area (Å²) >= 11 is 0. The first-order valence-electron chi connectivity index (χ1n) is 9.14. The van der Waals surface area contributed by atoms with Gasteiger partial charge in [-0.25, -0.2) is 5.43 Å². The first-order chi connectivity index (χ1) is 11.4. The van der Waals surface area contributed by atoms with Crippen LogP contribution < -0.4 is 16.2 Å². The summed E-state index contributed by atoms with van der Waals surface area (Å²) in [6, 6.07) is 4.49. The molecular weight excluding hydrogens is 288 g/mol. The van der Waals surface area contributed by atoms with Crippen LogP contribution in [0.3, 0.4) is 0 Å². The molecule has 2 heterocycles. The molecule has 23 heavy (non-hydrogen) atoms. The quantitative estimate of drug-likeness (QED) is 0.641. The zero-order chi connectivity index (χ0) is 15.7. The van der Waals surface area contributed by atoms with Crippen molar-refractivity contribution >= 4 is 0 Å². The Balaban J connectivity index is 1.29. The van der Waals surface area contributed by atoms with Crippen molar-refractivity contribution in [3.63, 3.8) is 0 Å². The Labute approximate surface area is 139 Å². The fourth-order valence-corrected chi connectivity index (χ4v) is 3.61. The van der Waals surface area contributed by atoms with Gasteiger partial charge >= 0.3 is 0 Å². The Morgan fingerprint density at radius 2 is 2.17 bits per heavy atom. The molecule has 5 nitrogen and oxygen atoms in total. The van der Waals surface area contributed by atoms with E-state index in [2.05, 4.69) is 27.2 Å². The minimum Gasteiger partial charge on any atom is -0.378 e. The molecule has 1 saturated heterocycles. The van der Waals surface area contributed by atoms with Crippen LogP contribution in [0.4, 0.5) is 0 Å². The van der Waals surface area contributed by atoms with Crippen molar-refractivity contribution in [3.05, 3.63) is 30.1 Å². The second kappa shape index (κ2) is 9.33. The molecule has 1 aromatic heterocycles. The van der Waals surface area contributed by atoms with E-state index < -0.39 is 0 Å². The van der Waals surface area contributed by atoms with E-state index in [1.165, 1.54) is 37.7 Å². The van der Waals surface area contributed by atoms with Gasteiger partial charge in [0.25, 0.3) is 0 Å². The molecule has 3 N–H and O–H groups in total. The summed E-state index contributed by atoms with van der Waals surface area (Å²) in [6.07, 6.45) is 12.0. The number of hydrogen-bond acceptors (Lipinski definition) is 5. The third-order valence-corrected chi connectivity index (χ3v) is 4.95. The number of aromatic nitrogens is 1. The second-order valence-corrected chi connectivity index (χ2v) is 6.74. The van der Waals surface area contributed by atoms with Gasteiger partial charge in [0.2, 0.25) is 0 Å². The fourth-order valence-electron chi connectivity index (χ4n) is 3.61. The van der Waals surface area contributed by atoms with Gasteiger partial charge in [-0.1, -0.05) is 25.3 Å². The van der Waals surface area contributed by atoms with Crippen LogP contribution in [0.25, 0.3) is 0 Å². The van der Waals surface area contributed by atoms with Gasteiger partial charge in [-0.05, 0) is 37.4 Å². The van der Waals surface area contributed by atoms with Crippen LogP contribution in [-0.4, -0.2) is 37.3 Å². The number of nitrogens with one attached hydrogen (secondary N) is 3. The van der Waals surface area contributed by atoms with Crippen molar-refractivity contribution in [2.45, 2.75) is 50.7 Å². The van der Waals surface area contributed by atoms with E-state index in [1.807, 2.05) is 18.5 Å². The van der Waals surface area contributed by atoms with E-state index in [1.54, 1.807) is 0 Å². The Bertz CT molecular complexity index is 436. The van der Waals surface area contributed by atoms with Crippen LogP contribution in [0.15, 0.2) is 24.5 Å². The highest BCUT2D eigenvalue weighted by atomic mass is 16.5. The average Bonchev–Trinajstić information content (AvgIpc) is 3.08. The lowest BCUT2D eigenvalue weighted by Crippen LogP contribution is -2.30. The number of hydrazine groups is 1. The largest absolute Gasteiger partial charge is 0.378 e. The van der Waals surface area contributed by atoms with E-state index in [-0.39, 0.29) is 0 Å². The predicted octanol–water partition coefficient (Wildman–Crippen LogP) is 2.18. The highest BCUT2D eigenvalue weighted by Gasteiger charge is 2.27. The number of rotatable bonds is 8. The first kappa shape index (κ1) is 16.8. The molecule has 5 heteroatoms. The van der Waals surface area contributed by atoms with E-state index in [4.69, 9.17) is 4.74 Å². The van der Waals surface area contributed by atoms with E-state index in [0.717, 1.165) is 32.7 Å². The molecule has 0 aromatic carbocycles. The van der Waals surface area contributed by atoms with Gasteiger partial charge in [0.15, 0.2) is 0 Å². The molecule has 2 aliphatic rings. The van der Waals surface area contributed by atoms with Crippen LogP contribution in [-0.2, 0) is 4.74 Å². The highest BCUT2D eigenvalue weighted by molar-refractivity contribution is 5.16. The SMILES string of the molecule is c1cncc(C2NNCC2CNCCCOC2CCCCC2)c1. The maximum Gasteiger partial charge on any atom is 0.0575 e. The number of nitrogens with zero attached hydrogens (tertiary/aromatic N) is 1. The molecule has 0 radical (unpaired) electrons. The summed E-state index contributed by atoms with van der Waals surface area (Å²) in [5, 5.41) is 3.58. The van der Waals surface area contributed by atoms with Crippen molar-refractivity contribution in [1.29, 1.82) is 0 Å². The Hall–Kier alpha value is -1.01. The van der Waals surface area contributed by atoms with Gasteiger partial charge < -0.3 is 10.1 Å². The van der Waals surface area contributed by atoms with Crippen molar-refractivity contribution < 1.29 is 4.74 Å². The second-order valence-electron chi connectivity index (χ2n) is 6.74. The maximum atomic E-state index is 5.97. The van der Waals surface area contributed by atoms with Gasteiger partial charge in [0.1, 0.15) is 0 Å². The maximum absolute atomic E-state index is 5.97. The van der Waals surface area contributed by atoms with E-state index in [9.17, 15) is 0 Å². The average molecular weight is 318 g/mol. The fraction of sp³-hybridized carbons (Fsp3) is 0.722. The van der Waals surface area contributed by atoms with Crippen LogP contribution in [0.1, 0.15) is 50.1 Å². The van der Waals surface area contributed by atoms with Crippen LogP contribution in [0.2, 0.25) is 0 Å². The zero-order valence-electron chi connectivity index (χ0n) is 14.0. The van der Waals surface area contributed by atoms with E-state index >= 15 is 0 Å². The van der Waals surface area contributed by atoms with Crippen molar-refractivity contribution in [1.82, 2.24) is 21.2 Å². The monoisotopic (exact) mass is 318 g/mol. The lowest BCUT2D eigenvalue weighted by Gasteiger charge is -2.22. The molecule has 1 aliphatic heterocycles. The molecule has 1 saturated carbocycles. The summed E-state index contributed by atoms with van der Waals surface area (Å²) in [5.41, 5.74) is 7.89. The van der Waals surface area contributed by atoms with Gasteiger partial charge in [-0.3, -0.25) is 10.4 Å². The molecule has 0 spiro atoms. The standard InChI is InChI=1S/C18H30N4O/c1-2-7-17(8-3-1)23-11-5-10-20-13-16-14-21-22-18(16)15-6-4-9-19-12-15/h4,6,9,12,16-18,20-22H,1-3,5,7-8,10-11,13-14H2. The van der Waals surface area contributed by atoms with Gasteiger partial charge in [-0.15, -0.1) is 0 Å². The summed E-state index contributed by atoms with van der Waals surface area (Å²) in [5.74, 6) is 0.554. The highest BCUT2D eigenvalue weighted by Crippen LogP contribution is 2.23. The minimum absolute atomic E-state index is 0.342. The molecule has 2 unspecified atom stereocenters. The normalized spacial score (nSPS) is 25.7. The third-order valence-electron chi connectivity index (χ3n) is 4.95. The van der Waals surface area contributed by atoms with Gasteiger partial charge in [0, 0.05) is 38.0 Å². The molecule has 0 amide bonds. The molecule has 3 rings (SSSR count). The summed E-state index contributed by atoms with van der Waals surface area (Å²) in [4.78, 5) is 4.22. The minimum atomic E-state index is 0.342. The Kier molecular flexibility index (Phi) is 6.83. The van der Waals surface area contributed by atoms with Crippen molar-refractivity contribution in [3.8, 4) is 0 Å². The molecule has 2 fully saturated rings. The number of ether oxygens (including phenoxy) is 1. The molecule has 128 valence electrons. The molecule has 2 atom stereocenters. The van der Waals surface area contributed by atoms with Crippen LogP contribution >= 0.6 is 0 Å². The topological polar surface area (TPSA) is 58.2 Å². The molecular formula is C18H30N4O. The number of pyridine rings is 1. The van der Waals surface area contributed by atoms with Crippen molar-refractivity contribution in [2.75, 3.05) is 26.2 Å². The lowest BCUT2D eigenvalue weighted by molar-refractivity contribution is 0.0272. The first-order valence-corrected chi connectivity index (χ1v) is 9.14. The molecule has 1 aliphatic carbocycles.